The third-order valence-corrected chi connectivity index (χ3v) is 6.04. The number of hydrogen-bond acceptors (Lipinski definition) is 3. The number of ether oxygens (including phenoxy) is 1. The number of rotatable bonds is 5. The van der Waals surface area contributed by atoms with Gasteiger partial charge in [0.05, 0.1) is 12.2 Å². The maximum Gasteiger partial charge on any atom is 0.321 e. The topological polar surface area (TPSA) is 59.4 Å². The van der Waals surface area contributed by atoms with Crippen molar-refractivity contribution in [3.05, 3.63) is 76.6 Å². The zero-order valence-corrected chi connectivity index (χ0v) is 19.4. The number of hydrogen-bond donors (Lipinski definition) is 1. The average molecular weight is 433 g/mol. The molecule has 0 atom stereocenters. The number of carbonyl (C=O) groups excluding carboxylic acids is 1. The summed E-state index contributed by atoms with van der Waals surface area (Å²) in [5.41, 5.74) is 6.37. The second kappa shape index (κ2) is 9.47. The average Bonchev–Trinajstić information content (AvgIpc) is 3.08. The lowest BCUT2D eigenvalue weighted by atomic mass is 10.1. The first-order valence-corrected chi connectivity index (χ1v) is 11.3. The van der Waals surface area contributed by atoms with Crippen molar-refractivity contribution in [1.82, 2.24) is 14.7 Å². The Balaban J connectivity index is 1.32. The molecule has 3 aromatic rings. The number of nitrogens with one attached hydrogen (secondary N) is 1. The number of piperidine rings is 1. The SMILES string of the molecule is Cc1cc(C)n(Cc2cccc(NC(=O)N3CCC(Oc4c(C)cccc4C)CC3)c2)n1. The van der Waals surface area contributed by atoms with Crippen molar-refractivity contribution >= 4 is 11.7 Å². The van der Waals surface area contributed by atoms with E-state index in [-0.39, 0.29) is 12.1 Å². The molecule has 6 nitrogen and oxygen atoms in total. The summed E-state index contributed by atoms with van der Waals surface area (Å²) in [4.78, 5) is 14.7. The highest BCUT2D eigenvalue weighted by Crippen LogP contribution is 2.26. The molecule has 4 rings (SSSR count). The second-order valence-electron chi connectivity index (χ2n) is 8.74. The van der Waals surface area contributed by atoms with Crippen LogP contribution in [0.3, 0.4) is 0 Å². The molecule has 1 fully saturated rings. The van der Waals surface area contributed by atoms with Gasteiger partial charge in [0.25, 0.3) is 0 Å². The van der Waals surface area contributed by atoms with E-state index in [0.717, 1.165) is 52.4 Å². The summed E-state index contributed by atoms with van der Waals surface area (Å²) >= 11 is 0. The van der Waals surface area contributed by atoms with Gasteiger partial charge in [-0.3, -0.25) is 4.68 Å². The zero-order valence-electron chi connectivity index (χ0n) is 19.4. The van der Waals surface area contributed by atoms with Crippen LogP contribution in [0.5, 0.6) is 5.75 Å². The number of anilines is 1. The Kier molecular flexibility index (Phi) is 6.49. The van der Waals surface area contributed by atoms with Crippen LogP contribution >= 0.6 is 0 Å². The molecule has 0 bridgehead atoms. The van der Waals surface area contributed by atoms with Crippen LogP contribution in [0.4, 0.5) is 10.5 Å². The first kappa shape index (κ1) is 21.9. The summed E-state index contributed by atoms with van der Waals surface area (Å²) in [6, 6.07) is 16.2. The van der Waals surface area contributed by atoms with Crippen LogP contribution in [0.25, 0.3) is 0 Å². The Labute approximate surface area is 190 Å². The number of likely N-dealkylation sites (tertiary alicyclic amines) is 1. The summed E-state index contributed by atoms with van der Waals surface area (Å²) in [6.07, 6.45) is 1.81. The van der Waals surface area contributed by atoms with Crippen molar-refractivity contribution in [3.8, 4) is 5.75 Å². The maximum atomic E-state index is 12.8. The highest BCUT2D eigenvalue weighted by atomic mass is 16.5. The smallest absolute Gasteiger partial charge is 0.321 e. The molecule has 2 amide bonds. The van der Waals surface area contributed by atoms with Crippen molar-refractivity contribution in [1.29, 1.82) is 0 Å². The van der Waals surface area contributed by atoms with E-state index in [2.05, 4.69) is 61.5 Å². The molecule has 32 heavy (non-hydrogen) atoms. The van der Waals surface area contributed by atoms with E-state index in [4.69, 9.17) is 4.74 Å². The summed E-state index contributed by atoms with van der Waals surface area (Å²) in [7, 11) is 0. The van der Waals surface area contributed by atoms with Gasteiger partial charge in [0.1, 0.15) is 11.9 Å². The summed E-state index contributed by atoms with van der Waals surface area (Å²) in [5.74, 6) is 0.981. The van der Waals surface area contributed by atoms with Gasteiger partial charge >= 0.3 is 6.03 Å². The minimum absolute atomic E-state index is 0.0567. The van der Waals surface area contributed by atoms with Gasteiger partial charge in [-0.15, -0.1) is 0 Å². The number of aryl methyl sites for hydroxylation is 4. The van der Waals surface area contributed by atoms with E-state index < -0.39 is 0 Å². The van der Waals surface area contributed by atoms with Crippen LogP contribution in [0.15, 0.2) is 48.5 Å². The van der Waals surface area contributed by atoms with Crippen LogP contribution in [-0.4, -0.2) is 39.9 Å². The van der Waals surface area contributed by atoms with Crippen molar-refractivity contribution in [2.75, 3.05) is 18.4 Å². The van der Waals surface area contributed by atoms with Crippen LogP contribution in [0.1, 0.15) is 40.9 Å². The van der Waals surface area contributed by atoms with E-state index in [1.54, 1.807) is 0 Å². The molecule has 0 radical (unpaired) electrons. The fourth-order valence-electron chi connectivity index (χ4n) is 4.29. The van der Waals surface area contributed by atoms with Crippen molar-refractivity contribution in [2.45, 2.75) is 53.2 Å². The Morgan fingerprint density at radius 2 is 1.72 bits per heavy atom. The normalized spacial score (nSPS) is 14.4. The van der Waals surface area contributed by atoms with Crippen molar-refractivity contribution < 1.29 is 9.53 Å². The van der Waals surface area contributed by atoms with Gasteiger partial charge in [-0.1, -0.05) is 30.3 Å². The van der Waals surface area contributed by atoms with E-state index in [9.17, 15) is 4.79 Å². The molecule has 0 saturated carbocycles. The van der Waals surface area contributed by atoms with Gasteiger partial charge in [0, 0.05) is 37.3 Å². The Bertz CT molecular complexity index is 1080. The molecule has 1 saturated heterocycles. The van der Waals surface area contributed by atoms with Gasteiger partial charge in [0.15, 0.2) is 0 Å². The third kappa shape index (κ3) is 5.13. The summed E-state index contributed by atoms with van der Waals surface area (Å²) in [6.45, 7) is 10.3. The standard InChI is InChI=1S/C26H32N4O2/c1-18-7-5-8-19(2)25(18)32-24-11-13-29(14-12-24)26(31)27-23-10-6-9-22(16-23)17-30-21(4)15-20(3)28-30/h5-10,15-16,24H,11-14,17H2,1-4H3,(H,27,31). The molecule has 1 aliphatic rings. The molecule has 168 valence electrons. The maximum absolute atomic E-state index is 12.8. The van der Waals surface area contributed by atoms with E-state index in [1.165, 1.54) is 0 Å². The first-order valence-electron chi connectivity index (χ1n) is 11.3. The minimum Gasteiger partial charge on any atom is -0.490 e. The molecule has 1 N–H and O–H groups in total. The van der Waals surface area contributed by atoms with Crippen LogP contribution < -0.4 is 10.1 Å². The second-order valence-corrected chi connectivity index (χ2v) is 8.74. The third-order valence-electron chi connectivity index (χ3n) is 6.04. The quantitative estimate of drug-likeness (QED) is 0.600. The number of para-hydroxylation sites is 1. The number of aromatic nitrogens is 2. The van der Waals surface area contributed by atoms with Crippen molar-refractivity contribution in [3.63, 3.8) is 0 Å². The predicted octanol–water partition coefficient (Wildman–Crippen LogP) is 5.24. The fraction of sp³-hybridized carbons (Fsp3) is 0.385. The van der Waals surface area contributed by atoms with Gasteiger partial charge < -0.3 is 15.0 Å². The molecule has 1 aliphatic heterocycles. The fourth-order valence-corrected chi connectivity index (χ4v) is 4.29. The zero-order chi connectivity index (χ0) is 22.7. The van der Waals surface area contributed by atoms with Crippen LogP contribution in [0, 0.1) is 27.7 Å². The molecular weight excluding hydrogens is 400 g/mol. The lowest BCUT2D eigenvalue weighted by molar-refractivity contribution is 0.114. The van der Waals surface area contributed by atoms with E-state index >= 15 is 0 Å². The molecule has 2 aromatic carbocycles. The van der Waals surface area contributed by atoms with Crippen LogP contribution in [0.2, 0.25) is 0 Å². The molecule has 2 heterocycles. The highest BCUT2D eigenvalue weighted by Gasteiger charge is 2.24. The Morgan fingerprint density at radius 1 is 1.03 bits per heavy atom. The lowest BCUT2D eigenvalue weighted by Gasteiger charge is -2.32. The Morgan fingerprint density at radius 3 is 2.38 bits per heavy atom. The van der Waals surface area contributed by atoms with Gasteiger partial charge in [0.2, 0.25) is 0 Å². The van der Waals surface area contributed by atoms with Crippen LogP contribution in [-0.2, 0) is 6.54 Å². The van der Waals surface area contributed by atoms with E-state index in [0.29, 0.717) is 19.6 Å². The highest BCUT2D eigenvalue weighted by molar-refractivity contribution is 5.89. The minimum atomic E-state index is -0.0567. The number of amides is 2. The molecule has 1 aromatic heterocycles. The van der Waals surface area contributed by atoms with Crippen molar-refractivity contribution in [2.24, 2.45) is 0 Å². The summed E-state index contributed by atoms with van der Waals surface area (Å²) < 4.78 is 8.26. The molecule has 0 unspecified atom stereocenters. The molecular formula is C26H32N4O2. The number of nitrogens with zero attached hydrogens (tertiary/aromatic N) is 3. The summed E-state index contributed by atoms with van der Waals surface area (Å²) in [5, 5.41) is 7.58. The van der Waals surface area contributed by atoms with Gasteiger partial charge in [-0.25, -0.2) is 4.79 Å². The number of carbonyl (C=O) groups is 1. The Hall–Kier alpha value is -3.28. The monoisotopic (exact) mass is 432 g/mol. The number of benzene rings is 2. The van der Waals surface area contributed by atoms with Gasteiger partial charge in [-0.2, -0.15) is 5.10 Å². The molecule has 6 heteroatoms. The number of urea groups is 1. The predicted molar refractivity (Wildman–Crippen MR) is 127 cm³/mol. The van der Waals surface area contributed by atoms with E-state index in [1.807, 2.05) is 34.7 Å². The largest absolute Gasteiger partial charge is 0.490 e. The van der Waals surface area contributed by atoms with Gasteiger partial charge in [-0.05, 0) is 62.6 Å². The lowest BCUT2D eigenvalue weighted by Crippen LogP contribution is -2.43. The molecule has 0 spiro atoms. The molecule has 0 aliphatic carbocycles. The first-order chi connectivity index (χ1) is 15.4.